The number of rotatable bonds is 2. The molecule has 0 amide bonds. The molecule has 4 heteroatoms. The molecule has 0 spiro atoms. The van der Waals surface area contributed by atoms with Gasteiger partial charge in [0, 0.05) is 12.7 Å². The second-order valence-corrected chi connectivity index (χ2v) is 4.21. The molecule has 2 aromatic rings. The highest BCUT2D eigenvalue weighted by Crippen LogP contribution is 2.29. The topological polar surface area (TPSA) is 38.9 Å². The van der Waals surface area contributed by atoms with Crippen LogP contribution >= 0.6 is 22.9 Å². The Bertz CT molecular complexity index is 426. The maximum absolute atomic E-state index is 6.09. The number of aromatic nitrogens is 1. The summed E-state index contributed by atoms with van der Waals surface area (Å²) in [6, 6.07) is 5.85. The second-order valence-electron chi connectivity index (χ2n) is 2.86. The van der Waals surface area contributed by atoms with E-state index in [0.717, 1.165) is 16.1 Å². The Hall–Kier alpha value is -0.900. The predicted octanol–water partition coefficient (Wildman–Crippen LogP) is 2.92. The fourth-order valence-electron chi connectivity index (χ4n) is 1.18. The van der Waals surface area contributed by atoms with E-state index >= 15 is 0 Å². The number of nitrogens with two attached hydrogens (primary N) is 1. The molecule has 2 aromatic heterocycles. The molecule has 2 rings (SSSR count). The first-order chi connectivity index (χ1) is 6.81. The molecule has 0 bridgehead atoms. The van der Waals surface area contributed by atoms with E-state index in [0.29, 0.717) is 11.6 Å². The smallest absolute Gasteiger partial charge is 0.0987 e. The molecule has 0 fully saturated rings. The molecule has 2 heterocycles. The zero-order chi connectivity index (χ0) is 9.97. The van der Waals surface area contributed by atoms with E-state index in [1.165, 1.54) is 0 Å². The van der Waals surface area contributed by atoms with Crippen molar-refractivity contribution >= 4 is 22.9 Å². The molecule has 0 saturated heterocycles. The molecule has 0 atom stereocenters. The van der Waals surface area contributed by atoms with Gasteiger partial charge in [-0.2, -0.15) is 0 Å². The minimum Gasteiger partial charge on any atom is -0.326 e. The second kappa shape index (κ2) is 4.09. The fraction of sp³-hybridized carbons (Fsp3) is 0.100. The minimum absolute atomic E-state index is 0.470. The van der Waals surface area contributed by atoms with Gasteiger partial charge in [0.05, 0.1) is 15.6 Å². The molecule has 0 radical (unpaired) electrons. The van der Waals surface area contributed by atoms with Gasteiger partial charge in [-0.15, -0.1) is 11.3 Å². The number of hydrogen-bond acceptors (Lipinski definition) is 3. The van der Waals surface area contributed by atoms with Crippen LogP contribution in [0.25, 0.3) is 10.6 Å². The van der Waals surface area contributed by atoms with E-state index in [2.05, 4.69) is 4.98 Å². The quantitative estimate of drug-likeness (QED) is 0.852. The first kappa shape index (κ1) is 9.65. The zero-order valence-corrected chi connectivity index (χ0v) is 8.98. The Morgan fingerprint density at radius 1 is 1.50 bits per heavy atom. The summed E-state index contributed by atoms with van der Waals surface area (Å²) in [5.41, 5.74) is 7.28. The van der Waals surface area contributed by atoms with Crippen LogP contribution in [-0.4, -0.2) is 4.98 Å². The van der Waals surface area contributed by atoms with Crippen molar-refractivity contribution in [3.63, 3.8) is 0 Å². The lowest BCUT2D eigenvalue weighted by molar-refractivity contribution is 1.05. The van der Waals surface area contributed by atoms with Gasteiger partial charge < -0.3 is 5.73 Å². The Balaban J connectivity index is 2.46. The van der Waals surface area contributed by atoms with Gasteiger partial charge in [-0.05, 0) is 23.1 Å². The predicted molar refractivity (Wildman–Crippen MR) is 60.5 cm³/mol. The van der Waals surface area contributed by atoms with Gasteiger partial charge in [0.25, 0.3) is 0 Å². The third kappa shape index (κ3) is 1.80. The average molecular weight is 225 g/mol. The highest BCUT2D eigenvalue weighted by Gasteiger charge is 2.06. The third-order valence-electron chi connectivity index (χ3n) is 1.89. The van der Waals surface area contributed by atoms with Crippen molar-refractivity contribution in [3.05, 3.63) is 40.4 Å². The molecule has 14 heavy (non-hydrogen) atoms. The normalized spacial score (nSPS) is 10.4. The average Bonchev–Trinajstić information content (AvgIpc) is 2.70. The highest BCUT2D eigenvalue weighted by molar-refractivity contribution is 7.13. The summed E-state index contributed by atoms with van der Waals surface area (Å²) >= 11 is 7.71. The Kier molecular flexibility index (Phi) is 2.82. The first-order valence-corrected chi connectivity index (χ1v) is 5.45. The van der Waals surface area contributed by atoms with Crippen LogP contribution < -0.4 is 5.73 Å². The van der Waals surface area contributed by atoms with Crippen LogP contribution in [0.15, 0.2) is 29.8 Å². The summed E-state index contributed by atoms with van der Waals surface area (Å²) in [7, 11) is 0. The van der Waals surface area contributed by atoms with Crippen LogP contribution in [0, 0.1) is 0 Å². The zero-order valence-electron chi connectivity index (χ0n) is 7.40. The largest absolute Gasteiger partial charge is 0.326 e. The van der Waals surface area contributed by atoms with E-state index in [-0.39, 0.29) is 0 Å². The fourth-order valence-corrected chi connectivity index (χ4v) is 2.27. The summed E-state index contributed by atoms with van der Waals surface area (Å²) in [6.45, 7) is 0.470. The molecular weight excluding hydrogens is 216 g/mol. The minimum atomic E-state index is 0.470. The van der Waals surface area contributed by atoms with Gasteiger partial charge in [0.1, 0.15) is 0 Å². The molecule has 0 aliphatic heterocycles. The SMILES string of the molecule is NCc1cnc(-c2cccs2)c(Cl)c1. The highest BCUT2D eigenvalue weighted by atomic mass is 35.5. The van der Waals surface area contributed by atoms with Gasteiger partial charge in [-0.25, -0.2) is 0 Å². The van der Waals surface area contributed by atoms with Crippen LogP contribution in [-0.2, 0) is 6.54 Å². The molecule has 0 unspecified atom stereocenters. The molecular formula is C10H9ClN2S. The van der Waals surface area contributed by atoms with Crippen molar-refractivity contribution in [2.24, 2.45) is 5.73 Å². The first-order valence-electron chi connectivity index (χ1n) is 4.19. The summed E-state index contributed by atoms with van der Waals surface area (Å²) in [5, 5.41) is 2.67. The van der Waals surface area contributed by atoms with Gasteiger partial charge in [0.15, 0.2) is 0 Å². The lowest BCUT2D eigenvalue weighted by Gasteiger charge is -2.02. The number of hydrogen-bond donors (Lipinski definition) is 1. The molecule has 0 aliphatic rings. The Morgan fingerprint density at radius 2 is 2.36 bits per heavy atom. The Morgan fingerprint density at radius 3 is 2.93 bits per heavy atom. The van der Waals surface area contributed by atoms with Crippen molar-refractivity contribution < 1.29 is 0 Å². The summed E-state index contributed by atoms with van der Waals surface area (Å²) in [5.74, 6) is 0. The number of nitrogens with zero attached hydrogens (tertiary/aromatic N) is 1. The monoisotopic (exact) mass is 224 g/mol. The van der Waals surface area contributed by atoms with Crippen LogP contribution in [0.1, 0.15) is 5.56 Å². The van der Waals surface area contributed by atoms with Crippen LogP contribution in [0.5, 0.6) is 0 Å². The number of pyridine rings is 1. The van der Waals surface area contributed by atoms with Gasteiger partial charge in [0.2, 0.25) is 0 Å². The van der Waals surface area contributed by atoms with Crippen molar-refractivity contribution in [2.75, 3.05) is 0 Å². The van der Waals surface area contributed by atoms with Crippen molar-refractivity contribution in [1.82, 2.24) is 4.98 Å². The lowest BCUT2D eigenvalue weighted by atomic mass is 10.2. The van der Waals surface area contributed by atoms with E-state index < -0.39 is 0 Å². The summed E-state index contributed by atoms with van der Waals surface area (Å²) in [4.78, 5) is 5.37. The van der Waals surface area contributed by atoms with E-state index in [9.17, 15) is 0 Å². The summed E-state index contributed by atoms with van der Waals surface area (Å²) < 4.78 is 0. The maximum atomic E-state index is 6.09. The van der Waals surface area contributed by atoms with Gasteiger partial charge >= 0.3 is 0 Å². The van der Waals surface area contributed by atoms with E-state index in [1.54, 1.807) is 17.5 Å². The van der Waals surface area contributed by atoms with Gasteiger partial charge in [-0.1, -0.05) is 17.7 Å². The molecule has 72 valence electrons. The van der Waals surface area contributed by atoms with E-state index in [4.69, 9.17) is 17.3 Å². The number of thiophene rings is 1. The molecule has 0 saturated carbocycles. The molecule has 0 aliphatic carbocycles. The number of halogens is 1. The molecule has 2 nitrogen and oxygen atoms in total. The standard InChI is InChI=1S/C10H9ClN2S/c11-8-4-7(5-12)6-13-10(8)9-2-1-3-14-9/h1-4,6H,5,12H2. The van der Waals surface area contributed by atoms with Crippen LogP contribution in [0.2, 0.25) is 5.02 Å². The van der Waals surface area contributed by atoms with Crippen LogP contribution in [0.3, 0.4) is 0 Å². The molecule has 2 N–H and O–H groups in total. The van der Waals surface area contributed by atoms with Gasteiger partial charge in [-0.3, -0.25) is 4.98 Å². The van der Waals surface area contributed by atoms with Crippen molar-refractivity contribution in [2.45, 2.75) is 6.54 Å². The third-order valence-corrected chi connectivity index (χ3v) is 3.05. The van der Waals surface area contributed by atoms with Crippen molar-refractivity contribution in [1.29, 1.82) is 0 Å². The van der Waals surface area contributed by atoms with Crippen LogP contribution in [0.4, 0.5) is 0 Å². The molecule has 0 aromatic carbocycles. The van der Waals surface area contributed by atoms with Crippen molar-refractivity contribution in [3.8, 4) is 10.6 Å². The Labute approximate surface area is 91.4 Å². The maximum Gasteiger partial charge on any atom is 0.0987 e. The van der Waals surface area contributed by atoms with E-state index in [1.807, 2.05) is 23.6 Å². The summed E-state index contributed by atoms with van der Waals surface area (Å²) in [6.07, 6.45) is 1.76. The lowest BCUT2D eigenvalue weighted by Crippen LogP contribution is -1.97.